The van der Waals surface area contributed by atoms with E-state index in [1.807, 2.05) is 58.0 Å². The molecule has 1 aliphatic rings. The fourth-order valence-corrected chi connectivity index (χ4v) is 3.57. The number of fused-ring (bicyclic) bond motifs is 1. The second kappa shape index (κ2) is 10.7. The van der Waals surface area contributed by atoms with Crippen LogP contribution in [0.3, 0.4) is 0 Å². The fraction of sp³-hybridized carbons (Fsp3) is 0.520. The first kappa shape index (κ1) is 24.6. The van der Waals surface area contributed by atoms with Gasteiger partial charge in [-0.2, -0.15) is 0 Å². The Bertz CT molecular complexity index is 962. The van der Waals surface area contributed by atoms with Gasteiger partial charge in [-0.05, 0) is 42.2 Å². The maximum absolute atomic E-state index is 13.4. The van der Waals surface area contributed by atoms with Gasteiger partial charge in [0.25, 0.3) is 0 Å². The van der Waals surface area contributed by atoms with Crippen LogP contribution in [-0.4, -0.2) is 55.2 Å². The summed E-state index contributed by atoms with van der Waals surface area (Å²) in [6.45, 7) is 9.42. The van der Waals surface area contributed by atoms with Crippen LogP contribution < -0.4 is 9.47 Å². The van der Waals surface area contributed by atoms with Crippen molar-refractivity contribution in [1.29, 1.82) is 0 Å². The van der Waals surface area contributed by atoms with Gasteiger partial charge in [0.05, 0.1) is 19.7 Å². The number of aryl methyl sites for hydroxylation is 1. The van der Waals surface area contributed by atoms with Crippen molar-refractivity contribution in [1.82, 2.24) is 9.80 Å². The minimum Gasteiger partial charge on any atom is -0.464 e. The number of rotatable bonds is 10. The topological polar surface area (TPSA) is 81.5 Å². The van der Waals surface area contributed by atoms with E-state index in [1.54, 1.807) is 16.9 Å². The maximum atomic E-state index is 13.4. The van der Waals surface area contributed by atoms with Crippen LogP contribution in [-0.2, 0) is 27.4 Å². The Hall–Kier alpha value is -3.00. The van der Waals surface area contributed by atoms with Crippen molar-refractivity contribution in [3.8, 4) is 11.5 Å². The van der Waals surface area contributed by atoms with Crippen LogP contribution in [0.15, 0.2) is 34.7 Å². The van der Waals surface area contributed by atoms with E-state index in [4.69, 9.17) is 18.6 Å². The highest BCUT2D eigenvalue weighted by molar-refractivity contribution is 5.85. The molecule has 1 aliphatic heterocycles. The van der Waals surface area contributed by atoms with Gasteiger partial charge in [-0.3, -0.25) is 9.59 Å². The second-order valence-corrected chi connectivity index (χ2v) is 9.50. The summed E-state index contributed by atoms with van der Waals surface area (Å²) in [6, 6.07) is 9.37. The molecule has 0 saturated carbocycles. The minimum atomic E-state index is -0.177. The van der Waals surface area contributed by atoms with Crippen molar-refractivity contribution in [2.75, 3.05) is 33.6 Å². The lowest BCUT2D eigenvalue weighted by Crippen LogP contribution is -2.44. The van der Waals surface area contributed by atoms with Gasteiger partial charge in [0.2, 0.25) is 18.6 Å². The van der Waals surface area contributed by atoms with Gasteiger partial charge in [0, 0.05) is 26.6 Å². The van der Waals surface area contributed by atoms with Crippen LogP contribution in [0.4, 0.5) is 0 Å². The van der Waals surface area contributed by atoms with E-state index in [0.717, 1.165) is 11.3 Å². The van der Waals surface area contributed by atoms with Crippen LogP contribution >= 0.6 is 0 Å². The Balaban J connectivity index is 1.78. The second-order valence-electron chi connectivity index (χ2n) is 9.50. The van der Waals surface area contributed by atoms with E-state index < -0.39 is 0 Å². The predicted octanol–water partition coefficient (Wildman–Crippen LogP) is 3.76. The smallest absolute Gasteiger partial charge is 0.242 e. The zero-order chi connectivity index (χ0) is 24.0. The van der Waals surface area contributed by atoms with Crippen LogP contribution in [0.1, 0.15) is 44.3 Å². The first-order valence-electron chi connectivity index (χ1n) is 11.1. The maximum Gasteiger partial charge on any atom is 0.242 e. The van der Waals surface area contributed by atoms with Crippen LogP contribution in [0.25, 0.3) is 0 Å². The number of benzene rings is 1. The molecule has 0 saturated heterocycles. The molecular weight excluding hydrogens is 424 g/mol. The third kappa shape index (κ3) is 7.25. The molecule has 0 unspecified atom stereocenters. The summed E-state index contributed by atoms with van der Waals surface area (Å²) in [6.07, 6.45) is 0.351. The van der Waals surface area contributed by atoms with Crippen LogP contribution in [0.2, 0.25) is 0 Å². The molecule has 8 nitrogen and oxygen atoms in total. The van der Waals surface area contributed by atoms with Gasteiger partial charge in [0.1, 0.15) is 11.5 Å². The number of nitrogens with zero attached hydrogens (tertiary/aromatic N) is 2. The van der Waals surface area contributed by atoms with Crippen molar-refractivity contribution < 1.29 is 28.2 Å². The monoisotopic (exact) mass is 458 g/mol. The highest BCUT2D eigenvalue weighted by Gasteiger charge is 2.26. The Morgan fingerprint density at radius 3 is 2.42 bits per heavy atom. The molecule has 0 radical (unpaired) electrons. The van der Waals surface area contributed by atoms with E-state index in [2.05, 4.69) is 0 Å². The highest BCUT2D eigenvalue weighted by Crippen LogP contribution is 2.33. The van der Waals surface area contributed by atoms with Crippen molar-refractivity contribution in [3.05, 3.63) is 47.4 Å². The van der Waals surface area contributed by atoms with Gasteiger partial charge in [-0.25, -0.2) is 0 Å². The summed E-state index contributed by atoms with van der Waals surface area (Å²) in [4.78, 5) is 29.6. The molecule has 2 amide bonds. The molecule has 1 aromatic heterocycles. The molecule has 0 atom stereocenters. The molecule has 180 valence electrons. The third-order valence-electron chi connectivity index (χ3n) is 5.23. The lowest BCUT2D eigenvalue weighted by Gasteiger charge is -2.29. The molecule has 0 fully saturated rings. The average Bonchev–Trinajstić information content (AvgIpc) is 3.37. The predicted molar refractivity (Wildman–Crippen MR) is 123 cm³/mol. The van der Waals surface area contributed by atoms with E-state index in [-0.39, 0.29) is 30.6 Å². The molecular formula is C25H34N2O6. The van der Waals surface area contributed by atoms with Crippen molar-refractivity contribution >= 4 is 11.8 Å². The molecule has 0 aliphatic carbocycles. The Morgan fingerprint density at radius 1 is 1.00 bits per heavy atom. The van der Waals surface area contributed by atoms with E-state index in [0.29, 0.717) is 49.9 Å². The molecule has 0 spiro atoms. The van der Waals surface area contributed by atoms with Crippen molar-refractivity contribution in [3.63, 3.8) is 0 Å². The normalized spacial score (nSPS) is 12.6. The van der Waals surface area contributed by atoms with Gasteiger partial charge in [-0.1, -0.05) is 26.8 Å². The summed E-state index contributed by atoms with van der Waals surface area (Å²) in [5.41, 5.74) is 0.726. The van der Waals surface area contributed by atoms with E-state index >= 15 is 0 Å². The summed E-state index contributed by atoms with van der Waals surface area (Å²) >= 11 is 0. The van der Waals surface area contributed by atoms with Crippen molar-refractivity contribution in [2.24, 2.45) is 5.41 Å². The zero-order valence-electron chi connectivity index (χ0n) is 20.2. The van der Waals surface area contributed by atoms with Gasteiger partial charge >= 0.3 is 0 Å². The molecule has 2 aromatic rings. The highest BCUT2D eigenvalue weighted by atomic mass is 16.7. The SMILES string of the molecule is COCCN(CC(=O)N(Cc1ccc2c(c1)OCO2)Cc1ccc(C)o1)C(=O)CC(C)(C)C. The Kier molecular flexibility index (Phi) is 8.02. The summed E-state index contributed by atoms with van der Waals surface area (Å²) < 4.78 is 21.8. The standard InChI is InChI=1S/C25H34N2O6/c1-18-6-8-20(33-18)15-27(14-19-7-9-21-22(12-19)32-17-31-21)24(29)16-26(10-11-30-5)23(28)13-25(2,3)4/h6-9,12H,10-11,13-17H2,1-5H3. The third-order valence-corrected chi connectivity index (χ3v) is 5.23. The van der Waals surface area contributed by atoms with Crippen molar-refractivity contribution in [2.45, 2.75) is 47.2 Å². The summed E-state index contributed by atoms with van der Waals surface area (Å²) in [5, 5.41) is 0. The lowest BCUT2D eigenvalue weighted by atomic mass is 9.91. The van der Waals surface area contributed by atoms with Crippen LogP contribution in [0, 0.1) is 12.3 Å². The number of amides is 2. The molecule has 8 heteroatoms. The number of hydrogen-bond donors (Lipinski definition) is 0. The van der Waals surface area contributed by atoms with E-state index in [1.165, 1.54) is 0 Å². The molecule has 3 rings (SSSR count). The molecule has 0 bridgehead atoms. The summed E-state index contributed by atoms with van der Waals surface area (Å²) in [5.74, 6) is 2.59. The van der Waals surface area contributed by atoms with Gasteiger partial charge < -0.3 is 28.4 Å². The molecule has 33 heavy (non-hydrogen) atoms. The fourth-order valence-electron chi connectivity index (χ4n) is 3.57. The molecule has 1 aromatic carbocycles. The first-order valence-corrected chi connectivity index (χ1v) is 11.1. The largest absolute Gasteiger partial charge is 0.464 e. The van der Waals surface area contributed by atoms with Gasteiger partial charge in [-0.15, -0.1) is 0 Å². The van der Waals surface area contributed by atoms with E-state index in [9.17, 15) is 9.59 Å². The minimum absolute atomic E-state index is 0.0253. The number of furan rings is 1. The van der Waals surface area contributed by atoms with Crippen LogP contribution in [0.5, 0.6) is 11.5 Å². The first-order chi connectivity index (χ1) is 15.6. The summed E-state index contributed by atoms with van der Waals surface area (Å²) in [7, 11) is 1.58. The zero-order valence-corrected chi connectivity index (χ0v) is 20.2. The molecule has 2 heterocycles. The number of carbonyl (C=O) groups is 2. The lowest BCUT2D eigenvalue weighted by molar-refractivity contribution is -0.142. The van der Waals surface area contributed by atoms with Gasteiger partial charge in [0.15, 0.2) is 11.5 Å². The molecule has 0 N–H and O–H groups in total. The number of methoxy groups -OCH3 is 1. The Morgan fingerprint density at radius 2 is 1.76 bits per heavy atom. The Labute approximate surface area is 195 Å². The number of carbonyl (C=O) groups excluding carboxylic acids is 2. The quantitative estimate of drug-likeness (QED) is 0.539. The number of hydrogen-bond acceptors (Lipinski definition) is 6. The average molecular weight is 459 g/mol. The number of ether oxygens (including phenoxy) is 3.